The maximum atomic E-state index is 9.25. The average Bonchev–Trinajstić information content (AvgIpc) is 2.46. The molecule has 1 aliphatic heterocycles. The lowest BCUT2D eigenvalue weighted by molar-refractivity contribution is 0.0636. The standard InChI is InChI=1S/C15H20BrN3O/c1-20-11-15(5-7-18-8-6-15)10-19-14-4-2-3-13(16)12(14)9-17/h2-4,18-19H,5-8,10-11H2,1H3. The molecule has 0 radical (unpaired) electrons. The molecule has 0 atom stereocenters. The number of hydrogen-bond acceptors (Lipinski definition) is 4. The zero-order chi connectivity index (χ0) is 14.4. The van der Waals surface area contributed by atoms with Crippen molar-refractivity contribution in [3.8, 4) is 6.07 Å². The molecule has 1 aromatic carbocycles. The monoisotopic (exact) mass is 337 g/mol. The Balaban J connectivity index is 2.10. The molecule has 20 heavy (non-hydrogen) atoms. The number of rotatable bonds is 5. The van der Waals surface area contributed by atoms with Gasteiger partial charge in [-0.25, -0.2) is 0 Å². The second kappa shape index (κ2) is 7.07. The highest BCUT2D eigenvalue weighted by Crippen LogP contribution is 2.31. The van der Waals surface area contributed by atoms with Crippen molar-refractivity contribution in [3.63, 3.8) is 0 Å². The Hall–Kier alpha value is -1.09. The summed E-state index contributed by atoms with van der Waals surface area (Å²) in [4.78, 5) is 0. The number of nitrogens with zero attached hydrogens (tertiary/aromatic N) is 1. The number of ether oxygens (including phenoxy) is 1. The smallest absolute Gasteiger partial charge is 0.103 e. The molecule has 0 aromatic heterocycles. The van der Waals surface area contributed by atoms with Crippen molar-refractivity contribution in [2.24, 2.45) is 5.41 Å². The lowest BCUT2D eigenvalue weighted by atomic mass is 9.79. The van der Waals surface area contributed by atoms with Gasteiger partial charge in [0.05, 0.1) is 17.9 Å². The third-order valence-electron chi connectivity index (χ3n) is 3.89. The number of nitriles is 1. The zero-order valence-electron chi connectivity index (χ0n) is 11.7. The predicted molar refractivity (Wildman–Crippen MR) is 83.8 cm³/mol. The first-order valence-corrected chi connectivity index (χ1v) is 7.62. The molecule has 0 aliphatic carbocycles. The Labute approximate surface area is 128 Å². The van der Waals surface area contributed by atoms with Crippen molar-refractivity contribution >= 4 is 21.6 Å². The zero-order valence-corrected chi connectivity index (χ0v) is 13.3. The molecular weight excluding hydrogens is 318 g/mol. The third-order valence-corrected chi connectivity index (χ3v) is 4.55. The topological polar surface area (TPSA) is 57.1 Å². The van der Waals surface area contributed by atoms with Crippen LogP contribution in [0.3, 0.4) is 0 Å². The minimum atomic E-state index is 0.148. The van der Waals surface area contributed by atoms with E-state index in [0.717, 1.165) is 49.2 Å². The van der Waals surface area contributed by atoms with Gasteiger partial charge in [0.2, 0.25) is 0 Å². The van der Waals surface area contributed by atoms with Gasteiger partial charge >= 0.3 is 0 Å². The van der Waals surface area contributed by atoms with Crippen molar-refractivity contribution < 1.29 is 4.74 Å². The molecule has 1 fully saturated rings. The molecule has 0 amide bonds. The minimum absolute atomic E-state index is 0.148. The maximum absolute atomic E-state index is 9.25. The summed E-state index contributed by atoms with van der Waals surface area (Å²) >= 11 is 3.42. The second-order valence-corrected chi connectivity index (χ2v) is 6.17. The van der Waals surface area contributed by atoms with E-state index in [1.54, 1.807) is 7.11 Å². The van der Waals surface area contributed by atoms with Crippen LogP contribution < -0.4 is 10.6 Å². The van der Waals surface area contributed by atoms with E-state index in [4.69, 9.17) is 4.74 Å². The van der Waals surface area contributed by atoms with E-state index in [-0.39, 0.29) is 5.41 Å². The normalized spacial score (nSPS) is 17.4. The van der Waals surface area contributed by atoms with Crippen LogP contribution in [0.1, 0.15) is 18.4 Å². The van der Waals surface area contributed by atoms with E-state index in [1.807, 2.05) is 18.2 Å². The summed E-state index contributed by atoms with van der Waals surface area (Å²) in [6.07, 6.45) is 2.17. The first-order chi connectivity index (χ1) is 9.71. The third kappa shape index (κ3) is 3.51. The number of anilines is 1. The number of methoxy groups -OCH3 is 1. The summed E-state index contributed by atoms with van der Waals surface area (Å²) in [6, 6.07) is 8.02. The van der Waals surface area contributed by atoms with Gasteiger partial charge in [0.25, 0.3) is 0 Å². The number of halogens is 1. The summed E-state index contributed by atoms with van der Waals surface area (Å²) in [5, 5.41) is 16.1. The van der Waals surface area contributed by atoms with Crippen molar-refractivity contribution in [1.82, 2.24) is 5.32 Å². The molecule has 1 aliphatic rings. The first kappa shape index (κ1) is 15.3. The molecule has 2 rings (SSSR count). The van der Waals surface area contributed by atoms with Crippen LogP contribution in [-0.2, 0) is 4.74 Å². The van der Waals surface area contributed by atoms with Gasteiger partial charge in [0.15, 0.2) is 0 Å². The quantitative estimate of drug-likeness (QED) is 0.867. The van der Waals surface area contributed by atoms with Crippen LogP contribution in [0.5, 0.6) is 0 Å². The minimum Gasteiger partial charge on any atom is -0.384 e. The Morgan fingerprint density at radius 3 is 2.85 bits per heavy atom. The van der Waals surface area contributed by atoms with E-state index < -0.39 is 0 Å². The van der Waals surface area contributed by atoms with Gasteiger partial charge in [-0.05, 0) is 54.0 Å². The number of nitrogens with one attached hydrogen (secondary N) is 2. The fourth-order valence-corrected chi connectivity index (χ4v) is 3.16. The van der Waals surface area contributed by atoms with Gasteiger partial charge in [0, 0.05) is 23.5 Å². The molecule has 4 nitrogen and oxygen atoms in total. The molecule has 1 saturated heterocycles. The summed E-state index contributed by atoms with van der Waals surface area (Å²) in [7, 11) is 1.75. The van der Waals surface area contributed by atoms with Crippen LogP contribution in [-0.4, -0.2) is 33.4 Å². The molecular formula is C15H20BrN3O. The Kier molecular flexibility index (Phi) is 5.41. The fourth-order valence-electron chi connectivity index (χ4n) is 2.70. The molecule has 1 heterocycles. The van der Waals surface area contributed by atoms with Gasteiger partial charge in [0.1, 0.15) is 6.07 Å². The molecule has 0 bridgehead atoms. The van der Waals surface area contributed by atoms with Gasteiger partial charge in [-0.1, -0.05) is 6.07 Å². The van der Waals surface area contributed by atoms with Crippen molar-refractivity contribution in [2.45, 2.75) is 12.8 Å². The number of piperidine rings is 1. The molecule has 0 saturated carbocycles. The van der Waals surface area contributed by atoms with Crippen molar-refractivity contribution in [1.29, 1.82) is 5.26 Å². The van der Waals surface area contributed by atoms with Gasteiger partial charge in [-0.15, -0.1) is 0 Å². The number of hydrogen-bond donors (Lipinski definition) is 2. The maximum Gasteiger partial charge on any atom is 0.103 e. The van der Waals surface area contributed by atoms with Crippen molar-refractivity contribution in [3.05, 3.63) is 28.2 Å². The molecule has 0 spiro atoms. The van der Waals surface area contributed by atoms with Crippen LogP contribution in [0.25, 0.3) is 0 Å². The molecule has 0 unspecified atom stereocenters. The summed E-state index contributed by atoms with van der Waals surface area (Å²) in [5.41, 5.74) is 1.69. The highest BCUT2D eigenvalue weighted by atomic mass is 79.9. The van der Waals surface area contributed by atoms with E-state index in [0.29, 0.717) is 5.56 Å². The van der Waals surface area contributed by atoms with E-state index in [1.165, 1.54) is 0 Å². The van der Waals surface area contributed by atoms with Gasteiger partial charge < -0.3 is 15.4 Å². The number of benzene rings is 1. The van der Waals surface area contributed by atoms with Crippen molar-refractivity contribution in [2.75, 3.05) is 38.7 Å². The molecule has 2 N–H and O–H groups in total. The lowest BCUT2D eigenvalue weighted by Gasteiger charge is -2.37. The first-order valence-electron chi connectivity index (χ1n) is 6.83. The van der Waals surface area contributed by atoms with Crippen LogP contribution >= 0.6 is 15.9 Å². The highest BCUT2D eigenvalue weighted by molar-refractivity contribution is 9.10. The molecule has 108 valence electrons. The Morgan fingerprint density at radius 1 is 1.45 bits per heavy atom. The fraction of sp³-hybridized carbons (Fsp3) is 0.533. The van der Waals surface area contributed by atoms with Gasteiger partial charge in [-0.2, -0.15) is 5.26 Å². The summed E-state index contributed by atoms with van der Waals surface area (Å²) in [6.45, 7) is 3.62. The largest absolute Gasteiger partial charge is 0.384 e. The SMILES string of the molecule is COCC1(CNc2cccc(Br)c2C#N)CCNCC1. The van der Waals surface area contributed by atoms with Gasteiger partial charge in [-0.3, -0.25) is 0 Å². The summed E-state index contributed by atoms with van der Waals surface area (Å²) < 4.78 is 6.24. The van der Waals surface area contributed by atoms with E-state index >= 15 is 0 Å². The molecule has 1 aromatic rings. The van der Waals surface area contributed by atoms with Crippen LogP contribution in [0.4, 0.5) is 5.69 Å². The summed E-state index contributed by atoms with van der Waals surface area (Å²) in [5.74, 6) is 0. The van der Waals surface area contributed by atoms with Crippen LogP contribution in [0.2, 0.25) is 0 Å². The Bertz CT molecular complexity index is 487. The highest BCUT2D eigenvalue weighted by Gasteiger charge is 2.32. The Morgan fingerprint density at radius 2 is 2.20 bits per heavy atom. The average molecular weight is 338 g/mol. The molecule has 5 heteroatoms. The van der Waals surface area contributed by atoms with Crippen LogP contribution in [0.15, 0.2) is 22.7 Å². The van der Waals surface area contributed by atoms with Crippen LogP contribution in [0, 0.1) is 16.7 Å². The predicted octanol–water partition coefficient (Wildman–Crippen LogP) is 2.75. The lowest BCUT2D eigenvalue weighted by Crippen LogP contribution is -2.44. The van der Waals surface area contributed by atoms with E-state index in [2.05, 4.69) is 32.6 Å². The van der Waals surface area contributed by atoms with E-state index in [9.17, 15) is 5.26 Å². The second-order valence-electron chi connectivity index (χ2n) is 5.31.